The number of nitrogens with one attached hydrogen (secondary N) is 1. The average molecular weight is 299 g/mol. The molecule has 1 fully saturated rings. The molecule has 0 saturated carbocycles. The van der Waals surface area contributed by atoms with Crippen molar-refractivity contribution in [1.29, 1.82) is 0 Å². The van der Waals surface area contributed by atoms with Gasteiger partial charge in [-0.25, -0.2) is 0 Å². The van der Waals surface area contributed by atoms with Crippen molar-refractivity contribution < 1.29 is 9.53 Å². The van der Waals surface area contributed by atoms with Crippen LogP contribution in [0.15, 0.2) is 0 Å². The molecule has 0 aliphatic carbocycles. The molecule has 0 aromatic heterocycles. The summed E-state index contributed by atoms with van der Waals surface area (Å²) in [5.74, 6) is -0.132. The third kappa shape index (κ3) is 5.57. The zero-order valence-electron chi connectivity index (χ0n) is 14.4. The number of esters is 1. The second-order valence-electron chi connectivity index (χ2n) is 6.30. The van der Waals surface area contributed by atoms with Crippen molar-refractivity contribution in [2.24, 2.45) is 0 Å². The molecule has 1 aliphatic rings. The van der Waals surface area contributed by atoms with E-state index in [2.05, 4.69) is 29.0 Å². The Kier molecular flexibility index (Phi) is 7.63. The molecule has 0 aromatic carbocycles. The van der Waals surface area contributed by atoms with Crippen LogP contribution in [0.1, 0.15) is 41.0 Å². The molecular formula is C16H33N3O2. The van der Waals surface area contributed by atoms with E-state index in [-0.39, 0.29) is 5.97 Å². The van der Waals surface area contributed by atoms with E-state index in [0.29, 0.717) is 12.6 Å². The van der Waals surface area contributed by atoms with Gasteiger partial charge < -0.3 is 15.0 Å². The van der Waals surface area contributed by atoms with Crippen LogP contribution in [0.2, 0.25) is 0 Å². The predicted octanol–water partition coefficient (Wildman–Crippen LogP) is 1.33. The predicted molar refractivity (Wildman–Crippen MR) is 86.5 cm³/mol. The summed E-state index contributed by atoms with van der Waals surface area (Å²) in [6.07, 6.45) is 0.793. The molecule has 1 saturated heterocycles. The van der Waals surface area contributed by atoms with Crippen LogP contribution in [0.3, 0.4) is 0 Å². The minimum Gasteiger partial charge on any atom is -0.465 e. The number of rotatable bonds is 8. The van der Waals surface area contributed by atoms with Crippen molar-refractivity contribution in [1.82, 2.24) is 15.1 Å². The molecule has 0 bridgehead atoms. The smallest absolute Gasteiger partial charge is 0.326 e. The Morgan fingerprint density at radius 3 is 2.33 bits per heavy atom. The van der Waals surface area contributed by atoms with Crippen molar-refractivity contribution in [2.75, 3.05) is 45.9 Å². The van der Waals surface area contributed by atoms with Gasteiger partial charge in [0, 0.05) is 38.8 Å². The molecular weight excluding hydrogens is 266 g/mol. The van der Waals surface area contributed by atoms with Gasteiger partial charge in [0.1, 0.15) is 5.54 Å². The maximum Gasteiger partial charge on any atom is 0.326 e. The molecule has 124 valence electrons. The first-order chi connectivity index (χ1) is 9.92. The van der Waals surface area contributed by atoms with Crippen LogP contribution >= 0.6 is 0 Å². The Labute approximate surface area is 130 Å². The molecule has 1 atom stereocenters. The van der Waals surface area contributed by atoms with E-state index in [9.17, 15) is 4.79 Å². The maximum absolute atomic E-state index is 12.2. The van der Waals surface area contributed by atoms with Gasteiger partial charge in [-0.2, -0.15) is 0 Å². The van der Waals surface area contributed by atoms with Gasteiger partial charge in [0.2, 0.25) is 0 Å². The number of ether oxygens (including phenoxy) is 1. The van der Waals surface area contributed by atoms with Crippen LogP contribution in [0.4, 0.5) is 0 Å². The van der Waals surface area contributed by atoms with Crippen LogP contribution in [-0.4, -0.2) is 73.2 Å². The molecule has 1 heterocycles. The number of hydrogen-bond donors (Lipinski definition) is 1. The minimum absolute atomic E-state index is 0.132. The van der Waals surface area contributed by atoms with Gasteiger partial charge in [-0.15, -0.1) is 0 Å². The van der Waals surface area contributed by atoms with Crippen molar-refractivity contribution in [3.63, 3.8) is 0 Å². The third-order valence-corrected chi connectivity index (χ3v) is 4.36. The Balaban J connectivity index is 2.45. The summed E-state index contributed by atoms with van der Waals surface area (Å²) >= 11 is 0. The maximum atomic E-state index is 12.2. The SMILES string of the molecule is CCNC(C)(CCN1CCN(C(C)C)CC1)C(=O)OCC. The molecule has 0 spiro atoms. The monoisotopic (exact) mass is 299 g/mol. The molecule has 0 aromatic rings. The van der Waals surface area contributed by atoms with Gasteiger partial charge in [0.05, 0.1) is 6.61 Å². The van der Waals surface area contributed by atoms with E-state index in [1.807, 2.05) is 20.8 Å². The Morgan fingerprint density at radius 2 is 1.86 bits per heavy atom. The fourth-order valence-corrected chi connectivity index (χ4v) is 2.83. The van der Waals surface area contributed by atoms with Crippen LogP contribution in [0.5, 0.6) is 0 Å². The second-order valence-corrected chi connectivity index (χ2v) is 6.30. The highest BCUT2D eigenvalue weighted by atomic mass is 16.5. The van der Waals surface area contributed by atoms with Gasteiger partial charge in [-0.1, -0.05) is 6.92 Å². The zero-order valence-corrected chi connectivity index (χ0v) is 14.4. The molecule has 1 unspecified atom stereocenters. The topological polar surface area (TPSA) is 44.8 Å². The third-order valence-electron chi connectivity index (χ3n) is 4.36. The number of likely N-dealkylation sites (N-methyl/N-ethyl adjacent to an activating group) is 1. The molecule has 0 radical (unpaired) electrons. The number of hydrogen-bond acceptors (Lipinski definition) is 5. The number of carbonyl (C=O) groups is 1. The Morgan fingerprint density at radius 1 is 1.24 bits per heavy atom. The quantitative estimate of drug-likeness (QED) is 0.685. The molecule has 0 amide bonds. The lowest BCUT2D eigenvalue weighted by Crippen LogP contribution is -2.54. The second kappa shape index (κ2) is 8.71. The first kappa shape index (κ1) is 18.4. The van der Waals surface area contributed by atoms with E-state index < -0.39 is 5.54 Å². The minimum atomic E-state index is -0.570. The summed E-state index contributed by atoms with van der Waals surface area (Å²) in [7, 11) is 0. The highest BCUT2D eigenvalue weighted by molar-refractivity contribution is 5.80. The average Bonchev–Trinajstić information content (AvgIpc) is 2.46. The largest absolute Gasteiger partial charge is 0.465 e. The summed E-state index contributed by atoms with van der Waals surface area (Å²) < 4.78 is 5.22. The summed E-state index contributed by atoms with van der Waals surface area (Å²) in [6, 6.07) is 0.624. The highest BCUT2D eigenvalue weighted by Gasteiger charge is 2.34. The summed E-state index contributed by atoms with van der Waals surface area (Å²) in [5, 5.41) is 3.30. The first-order valence-corrected chi connectivity index (χ1v) is 8.31. The van der Waals surface area contributed by atoms with Crippen molar-refractivity contribution >= 4 is 5.97 Å². The number of nitrogens with zero attached hydrogens (tertiary/aromatic N) is 2. The fourth-order valence-electron chi connectivity index (χ4n) is 2.83. The summed E-state index contributed by atoms with van der Waals surface area (Å²) in [5.41, 5.74) is -0.570. The van der Waals surface area contributed by atoms with Crippen molar-refractivity contribution in [3.05, 3.63) is 0 Å². The number of carbonyl (C=O) groups excluding carboxylic acids is 1. The van der Waals surface area contributed by atoms with Crippen molar-refractivity contribution in [3.8, 4) is 0 Å². The van der Waals surface area contributed by atoms with Crippen LogP contribution in [-0.2, 0) is 9.53 Å². The lowest BCUT2D eigenvalue weighted by Gasteiger charge is -2.38. The van der Waals surface area contributed by atoms with Gasteiger partial charge in [0.25, 0.3) is 0 Å². The van der Waals surface area contributed by atoms with E-state index >= 15 is 0 Å². The lowest BCUT2D eigenvalue weighted by molar-refractivity contribution is -0.151. The standard InChI is InChI=1S/C16H33N3O2/c1-6-17-16(5,15(20)21-7-2)8-9-18-10-12-19(13-11-18)14(3)4/h14,17H,6-13H2,1-5H3. The number of piperazine rings is 1. The Hall–Kier alpha value is -0.650. The molecule has 21 heavy (non-hydrogen) atoms. The molecule has 1 aliphatic heterocycles. The van der Waals surface area contributed by atoms with E-state index in [0.717, 1.165) is 45.7 Å². The van der Waals surface area contributed by atoms with E-state index in [1.54, 1.807) is 0 Å². The summed E-state index contributed by atoms with van der Waals surface area (Å²) in [6.45, 7) is 16.9. The van der Waals surface area contributed by atoms with Gasteiger partial charge in [-0.3, -0.25) is 9.69 Å². The van der Waals surface area contributed by atoms with Crippen molar-refractivity contribution in [2.45, 2.75) is 52.6 Å². The zero-order chi connectivity index (χ0) is 15.9. The Bertz CT molecular complexity index is 315. The fraction of sp³-hybridized carbons (Fsp3) is 0.938. The lowest BCUT2D eigenvalue weighted by atomic mass is 9.97. The molecule has 1 N–H and O–H groups in total. The normalized spacial score (nSPS) is 20.5. The van der Waals surface area contributed by atoms with Gasteiger partial charge in [0.15, 0.2) is 0 Å². The molecule has 5 nitrogen and oxygen atoms in total. The van der Waals surface area contributed by atoms with Crippen LogP contribution < -0.4 is 5.32 Å². The van der Waals surface area contributed by atoms with Gasteiger partial charge >= 0.3 is 5.97 Å². The van der Waals surface area contributed by atoms with Crippen LogP contribution in [0.25, 0.3) is 0 Å². The molecule has 1 rings (SSSR count). The molecule has 5 heteroatoms. The first-order valence-electron chi connectivity index (χ1n) is 8.31. The van der Waals surface area contributed by atoms with Gasteiger partial charge in [-0.05, 0) is 40.7 Å². The highest BCUT2D eigenvalue weighted by Crippen LogP contribution is 2.15. The van der Waals surface area contributed by atoms with Crippen LogP contribution in [0, 0.1) is 0 Å². The summed E-state index contributed by atoms with van der Waals surface area (Å²) in [4.78, 5) is 17.1. The van der Waals surface area contributed by atoms with E-state index in [4.69, 9.17) is 4.74 Å². The van der Waals surface area contributed by atoms with E-state index in [1.165, 1.54) is 0 Å².